The summed E-state index contributed by atoms with van der Waals surface area (Å²) in [5.74, 6) is -0.422. The van der Waals surface area contributed by atoms with Crippen molar-refractivity contribution in [3.05, 3.63) is 52.7 Å². The number of carbonyl (C=O) groups is 2. The van der Waals surface area contributed by atoms with Crippen molar-refractivity contribution in [2.24, 2.45) is 5.73 Å². The van der Waals surface area contributed by atoms with Gasteiger partial charge in [-0.2, -0.15) is 5.10 Å². The quantitative estimate of drug-likeness (QED) is 0.439. The second-order valence-corrected chi connectivity index (χ2v) is 9.54. The molecule has 0 saturated carbocycles. The molecule has 10 heteroatoms. The number of amides is 2. The van der Waals surface area contributed by atoms with Crippen LogP contribution in [0.2, 0.25) is 0 Å². The van der Waals surface area contributed by atoms with E-state index in [2.05, 4.69) is 15.4 Å². The number of hydrogen-bond acceptors (Lipinski definition) is 7. The lowest BCUT2D eigenvalue weighted by molar-refractivity contribution is -0.115. The first-order valence-electron chi connectivity index (χ1n) is 8.67. The molecule has 0 bridgehead atoms. The lowest BCUT2D eigenvalue weighted by Gasteiger charge is -2.01. The summed E-state index contributed by atoms with van der Waals surface area (Å²) in [6, 6.07) is 11.7. The Kier molecular flexibility index (Phi) is 5.39. The maximum absolute atomic E-state index is 12.8. The molecule has 0 fully saturated rings. The number of nitrogens with one attached hydrogen (secondary N) is 1. The van der Waals surface area contributed by atoms with Crippen LogP contribution in [-0.4, -0.2) is 32.3 Å². The van der Waals surface area contributed by atoms with E-state index in [9.17, 15) is 9.59 Å². The van der Waals surface area contributed by atoms with Crippen LogP contribution >= 0.6 is 34.4 Å². The maximum atomic E-state index is 12.8. The summed E-state index contributed by atoms with van der Waals surface area (Å²) in [7, 11) is 0. The normalized spacial score (nSPS) is 11.1. The number of rotatable bonds is 6. The van der Waals surface area contributed by atoms with E-state index in [-0.39, 0.29) is 17.6 Å². The van der Waals surface area contributed by atoms with Crippen LogP contribution in [0.3, 0.4) is 0 Å². The fraction of sp³-hybridized carbons (Fsp3) is 0.158. The number of nitrogens with two attached hydrogens (primary N) is 1. The Bertz CT molecular complexity index is 1210. The van der Waals surface area contributed by atoms with E-state index in [4.69, 9.17) is 5.73 Å². The summed E-state index contributed by atoms with van der Waals surface area (Å²) in [6.07, 6.45) is 0. The second kappa shape index (κ2) is 7.97. The topological polar surface area (TPSA) is 103 Å². The number of fused-ring (bicyclic) bond motifs is 1. The van der Waals surface area contributed by atoms with Crippen LogP contribution in [0.1, 0.15) is 21.1 Å². The lowest BCUT2D eigenvalue weighted by Crippen LogP contribution is -2.12. The van der Waals surface area contributed by atoms with E-state index < -0.39 is 0 Å². The molecule has 0 unspecified atom stereocenters. The molecule has 0 aliphatic carbocycles. The van der Waals surface area contributed by atoms with E-state index in [0.29, 0.717) is 10.0 Å². The summed E-state index contributed by atoms with van der Waals surface area (Å²) in [5, 5.41) is 8.91. The van der Waals surface area contributed by atoms with Crippen molar-refractivity contribution >= 4 is 61.6 Å². The van der Waals surface area contributed by atoms with Crippen LogP contribution in [-0.2, 0) is 4.79 Å². The first-order valence-corrected chi connectivity index (χ1v) is 11.3. The van der Waals surface area contributed by atoms with Crippen LogP contribution in [0.5, 0.6) is 0 Å². The number of carbonyl (C=O) groups excluding carboxylic acids is 2. The van der Waals surface area contributed by atoms with Gasteiger partial charge in [-0.25, -0.2) is 9.67 Å². The Hall–Kier alpha value is -2.69. The molecule has 7 nitrogen and oxygen atoms in total. The molecule has 148 valence electrons. The number of aromatic nitrogens is 3. The summed E-state index contributed by atoms with van der Waals surface area (Å²) in [5.41, 5.74) is 7.78. The van der Waals surface area contributed by atoms with Crippen molar-refractivity contribution in [2.45, 2.75) is 18.1 Å². The molecule has 3 aromatic heterocycles. The zero-order chi connectivity index (χ0) is 20.5. The van der Waals surface area contributed by atoms with Gasteiger partial charge in [0, 0.05) is 5.39 Å². The van der Waals surface area contributed by atoms with Crippen LogP contribution in [0.25, 0.3) is 15.9 Å². The number of para-hydroxylation sites is 1. The van der Waals surface area contributed by atoms with Crippen LogP contribution in [0.4, 0.5) is 5.13 Å². The Morgan fingerprint density at radius 3 is 2.66 bits per heavy atom. The van der Waals surface area contributed by atoms with Crippen molar-refractivity contribution in [3.63, 3.8) is 0 Å². The molecule has 2 amide bonds. The highest BCUT2D eigenvalue weighted by atomic mass is 32.2. The zero-order valence-corrected chi connectivity index (χ0v) is 18.1. The molecule has 4 aromatic rings. The largest absolute Gasteiger partial charge is 0.369 e. The molecule has 3 N–H and O–H groups in total. The molecule has 3 heterocycles. The van der Waals surface area contributed by atoms with Crippen molar-refractivity contribution in [2.75, 3.05) is 11.1 Å². The number of thioether (sulfide) groups is 1. The number of benzene rings is 1. The number of thiophene rings is 1. The number of thiazole rings is 1. The van der Waals surface area contributed by atoms with E-state index in [0.717, 1.165) is 31.5 Å². The average Bonchev–Trinajstić information content (AvgIpc) is 3.36. The van der Waals surface area contributed by atoms with Gasteiger partial charge in [0.05, 0.1) is 31.9 Å². The van der Waals surface area contributed by atoms with Gasteiger partial charge in [0.25, 0.3) is 5.91 Å². The molecule has 0 aliphatic heterocycles. The van der Waals surface area contributed by atoms with Crippen LogP contribution in [0.15, 0.2) is 40.6 Å². The predicted octanol–water partition coefficient (Wildman–Crippen LogP) is 3.99. The third kappa shape index (κ3) is 4.04. The molecule has 4 rings (SSSR count). The van der Waals surface area contributed by atoms with Gasteiger partial charge in [-0.15, -0.1) is 23.1 Å². The number of primary amides is 1. The number of hydrogen-bond donors (Lipinski definition) is 2. The highest BCUT2D eigenvalue weighted by molar-refractivity contribution is 8.01. The highest BCUT2D eigenvalue weighted by Crippen LogP contribution is 2.34. The third-order valence-electron chi connectivity index (χ3n) is 4.09. The molecule has 1 aromatic carbocycles. The van der Waals surface area contributed by atoms with Gasteiger partial charge in [-0.3, -0.25) is 14.9 Å². The maximum Gasteiger partial charge on any atom is 0.267 e. The van der Waals surface area contributed by atoms with Crippen LogP contribution in [0, 0.1) is 13.8 Å². The first kappa shape index (κ1) is 19.6. The second-order valence-electron chi connectivity index (χ2n) is 6.26. The molecule has 0 spiro atoms. The minimum absolute atomic E-state index is 0.183. The zero-order valence-electron chi connectivity index (χ0n) is 15.6. The Morgan fingerprint density at radius 2 is 1.93 bits per heavy atom. The monoisotopic (exact) mass is 443 g/mol. The van der Waals surface area contributed by atoms with E-state index >= 15 is 0 Å². The van der Waals surface area contributed by atoms with Gasteiger partial charge in [-0.05, 0) is 32.0 Å². The van der Waals surface area contributed by atoms with Gasteiger partial charge in [0.2, 0.25) is 5.91 Å². The molecule has 0 atom stereocenters. The third-order valence-corrected chi connectivity index (χ3v) is 7.66. The summed E-state index contributed by atoms with van der Waals surface area (Å²) < 4.78 is 2.73. The van der Waals surface area contributed by atoms with Gasteiger partial charge in [0.15, 0.2) is 5.13 Å². The smallest absolute Gasteiger partial charge is 0.267 e. The average molecular weight is 444 g/mol. The fourth-order valence-corrected chi connectivity index (χ4v) is 5.72. The number of anilines is 1. The van der Waals surface area contributed by atoms with E-state index in [1.54, 1.807) is 0 Å². The van der Waals surface area contributed by atoms with Crippen molar-refractivity contribution in [1.82, 2.24) is 14.8 Å². The molecule has 0 aliphatic rings. The van der Waals surface area contributed by atoms with Crippen molar-refractivity contribution in [3.8, 4) is 5.69 Å². The number of nitrogens with zero attached hydrogens (tertiary/aromatic N) is 3. The minimum Gasteiger partial charge on any atom is -0.369 e. The van der Waals surface area contributed by atoms with Gasteiger partial charge in [-0.1, -0.05) is 29.5 Å². The van der Waals surface area contributed by atoms with E-state index in [1.165, 1.54) is 34.4 Å². The molecule has 29 heavy (non-hydrogen) atoms. The van der Waals surface area contributed by atoms with Gasteiger partial charge < -0.3 is 5.73 Å². The Labute approximate surface area is 178 Å². The first-order chi connectivity index (χ1) is 13.9. The standard InChI is InChI=1S/C19H17N5O2S3/c1-10-13-8-14(28-17(13)24(23-10)12-6-4-3-5-7-12)16(26)22-19-21-11(2)18(29-19)27-9-15(20)25/h3-8H,9H2,1-2H3,(H2,20,25)(H,21,22,26). The molecule has 0 saturated heterocycles. The van der Waals surface area contributed by atoms with Crippen molar-refractivity contribution in [1.29, 1.82) is 0 Å². The van der Waals surface area contributed by atoms with Gasteiger partial charge >= 0.3 is 0 Å². The van der Waals surface area contributed by atoms with Crippen molar-refractivity contribution < 1.29 is 9.59 Å². The predicted molar refractivity (Wildman–Crippen MR) is 118 cm³/mol. The summed E-state index contributed by atoms with van der Waals surface area (Å²) in [4.78, 5) is 29.7. The highest BCUT2D eigenvalue weighted by Gasteiger charge is 2.19. The Morgan fingerprint density at radius 1 is 1.17 bits per heavy atom. The molecular weight excluding hydrogens is 426 g/mol. The summed E-state index contributed by atoms with van der Waals surface area (Å²) >= 11 is 4.05. The fourth-order valence-electron chi connectivity index (χ4n) is 2.77. The van der Waals surface area contributed by atoms with Crippen LogP contribution < -0.4 is 11.1 Å². The van der Waals surface area contributed by atoms with Gasteiger partial charge in [0.1, 0.15) is 4.83 Å². The molecule has 0 radical (unpaired) electrons. The number of aryl methyl sites for hydroxylation is 2. The minimum atomic E-state index is -0.388. The molecular formula is C19H17N5O2S3. The van der Waals surface area contributed by atoms with E-state index in [1.807, 2.05) is 54.9 Å². The SMILES string of the molecule is Cc1nc(NC(=O)c2cc3c(C)nn(-c4ccccc4)c3s2)sc1SCC(N)=O. The Balaban J connectivity index is 1.58. The summed E-state index contributed by atoms with van der Waals surface area (Å²) in [6.45, 7) is 3.77. The lowest BCUT2D eigenvalue weighted by atomic mass is 10.3.